The molecular formula is C24H26N4O3. The first-order chi connectivity index (χ1) is 15.1. The summed E-state index contributed by atoms with van der Waals surface area (Å²) in [6, 6.07) is 13.8. The van der Waals surface area contributed by atoms with Gasteiger partial charge in [-0.1, -0.05) is 12.1 Å². The number of aromatic carboxylic acids is 1. The van der Waals surface area contributed by atoms with Gasteiger partial charge >= 0.3 is 5.97 Å². The monoisotopic (exact) mass is 418 g/mol. The first-order valence-corrected chi connectivity index (χ1v) is 10.4. The number of hydrogen-bond acceptors (Lipinski definition) is 6. The predicted molar refractivity (Wildman–Crippen MR) is 121 cm³/mol. The maximum Gasteiger partial charge on any atom is 0.337 e. The van der Waals surface area contributed by atoms with Crippen LogP contribution in [0.5, 0.6) is 5.88 Å². The SMILES string of the molecule is COc1cccc(N(C)c2ccc3c(c2)CCC[C@H]3CNc2cnccc2C(=O)O)n1. The molecule has 160 valence electrons. The number of fused-ring (bicyclic) bond motifs is 1. The van der Waals surface area contributed by atoms with Gasteiger partial charge in [0.05, 0.1) is 24.6 Å². The van der Waals surface area contributed by atoms with Crippen molar-refractivity contribution in [2.24, 2.45) is 0 Å². The van der Waals surface area contributed by atoms with Crippen LogP contribution in [-0.4, -0.2) is 41.7 Å². The van der Waals surface area contributed by atoms with Crippen LogP contribution in [0, 0.1) is 0 Å². The molecular weight excluding hydrogens is 392 g/mol. The Morgan fingerprint density at radius 3 is 2.97 bits per heavy atom. The highest BCUT2D eigenvalue weighted by molar-refractivity contribution is 5.93. The molecule has 3 aromatic rings. The quantitative estimate of drug-likeness (QED) is 0.585. The summed E-state index contributed by atoms with van der Waals surface area (Å²) in [4.78, 5) is 22.1. The predicted octanol–water partition coefficient (Wildman–Crippen LogP) is 4.48. The first-order valence-electron chi connectivity index (χ1n) is 10.4. The summed E-state index contributed by atoms with van der Waals surface area (Å²) < 4.78 is 5.25. The molecule has 0 spiro atoms. The molecule has 7 heteroatoms. The molecule has 0 amide bonds. The van der Waals surface area contributed by atoms with Crippen molar-refractivity contribution in [2.45, 2.75) is 25.2 Å². The molecule has 1 aliphatic carbocycles. The van der Waals surface area contributed by atoms with Crippen molar-refractivity contribution in [1.29, 1.82) is 0 Å². The molecule has 0 saturated heterocycles. The molecule has 0 radical (unpaired) electrons. The molecule has 0 fully saturated rings. The third-order valence-electron chi connectivity index (χ3n) is 5.80. The number of anilines is 3. The van der Waals surface area contributed by atoms with Gasteiger partial charge in [-0.05, 0) is 54.7 Å². The van der Waals surface area contributed by atoms with Gasteiger partial charge < -0.3 is 20.1 Å². The number of ether oxygens (including phenoxy) is 1. The van der Waals surface area contributed by atoms with E-state index in [2.05, 4.69) is 38.4 Å². The molecule has 31 heavy (non-hydrogen) atoms. The van der Waals surface area contributed by atoms with Crippen molar-refractivity contribution in [1.82, 2.24) is 9.97 Å². The fourth-order valence-corrected chi connectivity index (χ4v) is 4.11. The first kappa shape index (κ1) is 20.7. The number of nitrogens with one attached hydrogen (secondary N) is 1. The lowest BCUT2D eigenvalue weighted by atomic mass is 9.82. The number of carbonyl (C=O) groups is 1. The van der Waals surface area contributed by atoms with Crippen molar-refractivity contribution >= 4 is 23.2 Å². The van der Waals surface area contributed by atoms with Gasteiger partial charge in [0.15, 0.2) is 0 Å². The van der Waals surface area contributed by atoms with Crippen molar-refractivity contribution in [3.8, 4) is 5.88 Å². The standard InChI is InChI=1S/C24H26N4O3/c1-28(22-7-4-8-23(27-22)31-2)18-9-10-19-16(13-18)5-3-6-17(19)14-26-21-15-25-12-11-20(21)24(29)30/h4,7-13,15,17,26H,3,5-6,14H2,1-2H3,(H,29,30)/t17-/m0/s1. The highest BCUT2D eigenvalue weighted by Gasteiger charge is 2.22. The van der Waals surface area contributed by atoms with Crippen molar-refractivity contribution in [2.75, 3.05) is 30.9 Å². The van der Waals surface area contributed by atoms with Crippen LogP contribution in [0.25, 0.3) is 0 Å². The molecule has 1 atom stereocenters. The van der Waals surface area contributed by atoms with E-state index in [1.807, 2.05) is 25.2 Å². The minimum Gasteiger partial charge on any atom is -0.481 e. The number of methoxy groups -OCH3 is 1. The molecule has 1 aromatic carbocycles. The minimum atomic E-state index is -0.951. The van der Waals surface area contributed by atoms with Crippen LogP contribution in [-0.2, 0) is 6.42 Å². The zero-order valence-electron chi connectivity index (χ0n) is 17.7. The number of carboxylic acid groups (broad SMARTS) is 1. The Morgan fingerprint density at radius 1 is 1.29 bits per heavy atom. The van der Waals surface area contributed by atoms with E-state index in [0.29, 0.717) is 24.0 Å². The maximum absolute atomic E-state index is 11.4. The second-order valence-corrected chi connectivity index (χ2v) is 7.68. The molecule has 2 heterocycles. The number of hydrogen-bond donors (Lipinski definition) is 2. The Bertz CT molecular complexity index is 1090. The summed E-state index contributed by atoms with van der Waals surface area (Å²) in [6.45, 7) is 0.672. The minimum absolute atomic E-state index is 0.244. The lowest BCUT2D eigenvalue weighted by molar-refractivity contribution is 0.0697. The second kappa shape index (κ2) is 9.04. The van der Waals surface area contributed by atoms with Gasteiger partial charge in [-0.25, -0.2) is 4.79 Å². The van der Waals surface area contributed by atoms with E-state index in [4.69, 9.17) is 4.74 Å². The molecule has 0 bridgehead atoms. The topological polar surface area (TPSA) is 87.6 Å². The molecule has 0 saturated carbocycles. The van der Waals surface area contributed by atoms with Crippen LogP contribution in [0.3, 0.4) is 0 Å². The van der Waals surface area contributed by atoms with E-state index in [-0.39, 0.29) is 5.56 Å². The highest BCUT2D eigenvalue weighted by atomic mass is 16.5. The van der Waals surface area contributed by atoms with Crippen molar-refractivity contribution in [3.63, 3.8) is 0 Å². The maximum atomic E-state index is 11.4. The fourth-order valence-electron chi connectivity index (χ4n) is 4.11. The summed E-state index contributed by atoms with van der Waals surface area (Å²) in [5.74, 6) is 0.781. The number of aryl methyl sites for hydroxylation is 1. The van der Waals surface area contributed by atoms with Crippen LogP contribution < -0.4 is 15.0 Å². The lowest BCUT2D eigenvalue weighted by Gasteiger charge is -2.28. The summed E-state index contributed by atoms with van der Waals surface area (Å²) in [5.41, 5.74) is 4.52. The van der Waals surface area contributed by atoms with Gasteiger partial charge in [0.25, 0.3) is 0 Å². The Kier molecular flexibility index (Phi) is 6.02. The van der Waals surface area contributed by atoms with Crippen molar-refractivity contribution in [3.05, 3.63) is 71.5 Å². The van der Waals surface area contributed by atoms with E-state index in [1.165, 1.54) is 23.4 Å². The van der Waals surface area contributed by atoms with E-state index >= 15 is 0 Å². The van der Waals surface area contributed by atoms with E-state index in [9.17, 15) is 9.90 Å². The van der Waals surface area contributed by atoms with Crippen LogP contribution in [0.15, 0.2) is 54.9 Å². The van der Waals surface area contributed by atoms with E-state index < -0.39 is 5.97 Å². The second-order valence-electron chi connectivity index (χ2n) is 7.68. The van der Waals surface area contributed by atoms with E-state index in [0.717, 1.165) is 30.8 Å². The number of pyridine rings is 2. The van der Waals surface area contributed by atoms with Crippen LogP contribution in [0.2, 0.25) is 0 Å². The number of carboxylic acids is 1. The number of aromatic nitrogens is 2. The smallest absolute Gasteiger partial charge is 0.337 e. The van der Waals surface area contributed by atoms with Gasteiger partial charge in [0.2, 0.25) is 5.88 Å². The third-order valence-corrected chi connectivity index (χ3v) is 5.80. The van der Waals surface area contributed by atoms with Gasteiger partial charge in [-0.2, -0.15) is 4.98 Å². The zero-order chi connectivity index (χ0) is 21.8. The summed E-state index contributed by atoms with van der Waals surface area (Å²) in [5, 5.41) is 12.7. The summed E-state index contributed by atoms with van der Waals surface area (Å²) in [7, 11) is 3.62. The molecule has 2 aromatic heterocycles. The molecule has 7 nitrogen and oxygen atoms in total. The Morgan fingerprint density at radius 2 is 2.16 bits per heavy atom. The van der Waals surface area contributed by atoms with Gasteiger partial charge in [0.1, 0.15) is 5.82 Å². The molecule has 0 aliphatic heterocycles. The lowest BCUT2D eigenvalue weighted by Crippen LogP contribution is -2.20. The van der Waals surface area contributed by atoms with Crippen molar-refractivity contribution < 1.29 is 14.6 Å². The van der Waals surface area contributed by atoms with Crippen LogP contribution >= 0.6 is 0 Å². The Labute approximate surface area is 181 Å². The average Bonchev–Trinajstić information content (AvgIpc) is 2.82. The molecule has 2 N–H and O–H groups in total. The van der Waals surface area contributed by atoms with Crippen LogP contribution in [0.1, 0.15) is 40.2 Å². The normalized spacial score (nSPS) is 15.1. The number of nitrogens with zero attached hydrogens (tertiary/aromatic N) is 3. The Hall–Kier alpha value is -3.61. The fraction of sp³-hybridized carbons (Fsp3) is 0.292. The van der Waals surface area contributed by atoms with Crippen LogP contribution in [0.4, 0.5) is 17.2 Å². The van der Waals surface area contributed by atoms with Gasteiger partial charge in [-0.3, -0.25) is 4.98 Å². The molecule has 4 rings (SSSR count). The third kappa shape index (κ3) is 4.45. The Balaban J connectivity index is 1.53. The molecule has 0 unspecified atom stereocenters. The van der Waals surface area contributed by atoms with E-state index in [1.54, 1.807) is 13.3 Å². The largest absolute Gasteiger partial charge is 0.481 e. The zero-order valence-corrected chi connectivity index (χ0v) is 17.7. The molecule has 1 aliphatic rings. The van der Waals surface area contributed by atoms with Gasteiger partial charge in [0, 0.05) is 37.5 Å². The average molecular weight is 418 g/mol. The highest BCUT2D eigenvalue weighted by Crippen LogP contribution is 2.35. The van der Waals surface area contributed by atoms with Gasteiger partial charge in [-0.15, -0.1) is 0 Å². The summed E-state index contributed by atoms with van der Waals surface area (Å²) >= 11 is 0. The number of rotatable bonds is 7. The number of benzene rings is 1. The summed E-state index contributed by atoms with van der Waals surface area (Å²) in [6.07, 6.45) is 6.27.